The number of hydrogen-bond donors (Lipinski definition) is 2. The standard InChI is InChI=1S/C76H135N2O6P/c1-6-8-10-12-14-16-18-20-22-24-26-28-30-32-33-34-35-36-37-38-39-40-41-42-43-44-45-46-48-50-52-54-56-58-60-62-64-66-68-70-76(80)77-74(73-84-85(81,82)83-72-71-78(3,4)5)75(79)69-67-65-63-61-59-57-55-53-51-49-47-31-29-27-25-23-21-19-17-15-13-11-9-7-2/h8,10,14,16,20,22,26,28,32-33,35-36,38-39,41-42,44-45,48,50,74-75,79H,6-7,9,11-13,15,17-19,21,23-25,27,29-31,34,37,40,43,46-47,49,51-73H2,1-5H3,(H-,77,80,81,82)/b10-8-,16-14-,22-20-,28-26-,33-32-,36-35-,39-38-,42-41-,45-44-,50-48-. The molecule has 3 atom stereocenters. The van der Waals surface area contributed by atoms with Crippen molar-refractivity contribution in [3.8, 4) is 0 Å². The molecule has 0 aromatic rings. The number of quaternary nitrogens is 1. The van der Waals surface area contributed by atoms with Crippen LogP contribution in [0.2, 0.25) is 0 Å². The van der Waals surface area contributed by atoms with Gasteiger partial charge in [-0.25, -0.2) is 0 Å². The maximum absolute atomic E-state index is 13.1. The molecule has 490 valence electrons. The number of hydrogen-bond acceptors (Lipinski definition) is 6. The Morgan fingerprint density at radius 1 is 0.424 bits per heavy atom. The lowest BCUT2D eigenvalue weighted by atomic mass is 10.0. The molecule has 0 radical (unpaired) electrons. The van der Waals surface area contributed by atoms with Crippen LogP contribution in [0.25, 0.3) is 0 Å². The minimum absolute atomic E-state index is 0.00550. The minimum Gasteiger partial charge on any atom is -0.756 e. The lowest BCUT2D eigenvalue weighted by Gasteiger charge is -2.30. The molecule has 85 heavy (non-hydrogen) atoms. The Kier molecular flexibility index (Phi) is 63.0. The second-order valence-corrected chi connectivity index (χ2v) is 26.3. The fraction of sp³-hybridized carbons (Fsp3) is 0.724. The van der Waals surface area contributed by atoms with Gasteiger partial charge in [-0.15, -0.1) is 0 Å². The van der Waals surface area contributed by atoms with E-state index in [0.29, 0.717) is 23.9 Å². The molecular weight excluding hydrogens is 1070 g/mol. The van der Waals surface area contributed by atoms with Crippen LogP contribution in [0.5, 0.6) is 0 Å². The Morgan fingerprint density at radius 3 is 1.05 bits per heavy atom. The average molecular weight is 1200 g/mol. The molecular formula is C76H135N2O6P. The molecule has 0 aliphatic rings. The van der Waals surface area contributed by atoms with Gasteiger partial charge in [0.05, 0.1) is 39.9 Å². The van der Waals surface area contributed by atoms with Crippen molar-refractivity contribution in [1.29, 1.82) is 0 Å². The second kappa shape index (κ2) is 65.3. The number of phosphoric ester groups is 1. The molecule has 0 aromatic heterocycles. The molecule has 1 amide bonds. The molecule has 0 saturated carbocycles. The van der Waals surface area contributed by atoms with Gasteiger partial charge in [0.1, 0.15) is 13.2 Å². The molecule has 0 aliphatic heterocycles. The first-order valence-corrected chi connectivity index (χ1v) is 36.8. The van der Waals surface area contributed by atoms with Gasteiger partial charge in [-0.2, -0.15) is 0 Å². The molecule has 2 N–H and O–H groups in total. The molecule has 0 fully saturated rings. The molecule has 9 heteroatoms. The van der Waals surface area contributed by atoms with E-state index in [9.17, 15) is 19.4 Å². The molecule has 0 saturated heterocycles. The number of nitrogens with zero attached hydrogens (tertiary/aromatic N) is 1. The summed E-state index contributed by atoms with van der Waals surface area (Å²) < 4.78 is 23.5. The summed E-state index contributed by atoms with van der Waals surface area (Å²) in [6, 6.07) is -0.815. The van der Waals surface area contributed by atoms with Crippen LogP contribution in [0.15, 0.2) is 122 Å². The molecule has 8 nitrogen and oxygen atoms in total. The summed E-state index contributed by atoms with van der Waals surface area (Å²) in [4.78, 5) is 25.7. The highest BCUT2D eigenvalue weighted by atomic mass is 31.2. The number of allylic oxidation sites excluding steroid dienone is 20. The van der Waals surface area contributed by atoms with Gasteiger partial charge in [0.25, 0.3) is 7.82 Å². The van der Waals surface area contributed by atoms with Gasteiger partial charge >= 0.3 is 0 Å². The Labute approximate surface area is 526 Å². The van der Waals surface area contributed by atoms with Crippen molar-refractivity contribution in [1.82, 2.24) is 5.32 Å². The predicted molar refractivity (Wildman–Crippen MR) is 371 cm³/mol. The first-order valence-electron chi connectivity index (χ1n) is 35.4. The second-order valence-electron chi connectivity index (χ2n) is 24.9. The summed E-state index contributed by atoms with van der Waals surface area (Å²) in [5.41, 5.74) is 0. The van der Waals surface area contributed by atoms with Crippen molar-refractivity contribution < 1.29 is 32.9 Å². The topological polar surface area (TPSA) is 108 Å². The average Bonchev–Trinajstić information content (AvgIpc) is 3.49. The van der Waals surface area contributed by atoms with Crippen molar-refractivity contribution >= 4 is 13.7 Å². The van der Waals surface area contributed by atoms with E-state index in [1.165, 1.54) is 167 Å². The lowest BCUT2D eigenvalue weighted by Crippen LogP contribution is -2.46. The number of aliphatic hydroxyl groups is 1. The maximum Gasteiger partial charge on any atom is 0.268 e. The predicted octanol–water partition coefficient (Wildman–Crippen LogP) is 22.2. The van der Waals surface area contributed by atoms with E-state index >= 15 is 0 Å². The van der Waals surface area contributed by atoms with Crippen molar-refractivity contribution in [2.45, 2.75) is 315 Å². The number of unbranched alkanes of at least 4 members (excludes halogenated alkanes) is 31. The zero-order valence-corrected chi connectivity index (χ0v) is 56.9. The Balaban J connectivity index is 4.11. The number of amides is 1. The van der Waals surface area contributed by atoms with E-state index in [2.05, 4.69) is 141 Å². The van der Waals surface area contributed by atoms with Gasteiger partial charge in [-0.05, 0) is 89.9 Å². The SMILES string of the molecule is CC/C=C\C/C=C\C/C=C\C/C=C\C/C=C\C/C=C\C/C=C\C/C=C\C/C=C\C/C=C\CCCCCCCCCCC(=O)NC(COP(=O)([O-])OCC[N+](C)(C)C)C(O)CCCCCCCCCCCCCCCCCCCCCCCCCC. The summed E-state index contributed by atoms with van der Waals surface area (Å²) in [5.74, 6) is -0.174. The van der Waals surface area contributed by atoms with Crippen LogP contribution in [0, 0.1) is 0 Å². The summed E-state index contributed by atoms with van der Waals surface area (Å²) >= 11 is 0. The van der Waals surface area contributed by atoms with Crippen LogP contribution in [-0.2, 0) is 18.4 Å². The highest BCUT2D eigenvalue weighted by Crippen LogP contribution is 2.38. The Bertz CT molecular complexity index is 1800. The first-order chi connectivity index (χ1) is 41.5. The third-order valence-electron chi connectivity index (χ3n) is 15.5. The molecule has 3 unspecified atom stereocenters. The van der Waals surface area contributed by atoms with Gasteiger partial charge in [0, 0.05) is 6.42 Å². The quantitative estimate of drug-likeness (QED) is 0.0272. The van der Waals surface area contributed by atoms with Gasteiger partial charge in [-0.3, -0.25) is 9.36 Å². The van der Waals surface area contributed by atoms with Crippen LogP contribution in [0.4, 0.5) is 0 Å². The van der Waals surface area contributed by atoms with Crippen molar-refractivity contribution in [3.63, 3.8) is 0 Å². The smallest absolute Gasteiger partial charge is 0.268 e. The fourth-order valence-electron chi connectivity index (χ4n) is 10.0. The van der Waals surface area contributed by atoms with Crippen molar-refractivity contribution in [2.75, 3.05) is 40.9 Å². The summed E-state index contributed by atoms with van der Waals surface area (Å²) in [7, 11) is 1.29. The molecule has 0 bridgehead atoms. The third kappa shape index (κ3) is 68.3. The van der Waals surface area contributed by atoms with Crippen LogP contribution in [-0.4, -0.2) is 68.5 Å². The highest BCUT2D eigenvalue weighted by molar-refractivity contribution is 7.45. The van der Waals surface area contributed by atoms with Gasteiger partial charge in [0.15, 0.2) is 0 Å². The summed E-state index contributed by atoms with van der Waals surface area (Å²) in [6.07, 6.45) is 96.9. The van der Waals surface area contributed by atoms with Crippen molar-refractivity contribution in [3.05, 3.63) is 122 Å². The van der Waals surface area contributed by atoms with E-state index < -0.39 is 20.0 Å². The van der Waals surface area contributed by atoms with Gasteiger partial charge in [-0.1, -0.05) is 328 Å². The van der Waals surface area contributed by atoms with E-state index in [4.69, 9.17) is 9.05 Å². The molecule has 0 rings (SSSR count). The van der Waals surface area contributed by atoms with E-state index in [-0.39, 0.29) is 19.1 Å². The van der Waals surface area contributed by atoms with Crippen LogP contribution in [0.1, 0.15) is 303 Å². The van der Waals surface area contributed by atoms with E-state index in [0.717, 1.165) is 109 Å². The van der Waals surface area contributed by atoms with E-state index in [1.54, 1.807) is 0 Å². The largest absolute Gasteiger partial charge is 0.756 e. The normalized spacial score (nSPS) is 14.4. The number of carbonyl (C=O) groups excluding carboxylic acids is 1. The van der Waals surface area contributed by atoms with Crippen LogP contribution in [0.3, 0.4) is 0 Å². The number of likely N-dealkylation sites (N-methyl/N-ethyl adjacent to an activating group) is 1. The number of rotatable bonds is 64. The lowest BCUT2D eigenvalue weighted by molar-refractivity contribution is -0.870. The first kappa shape index (κ1) is 81.9. The molecule has 0 aromatic carbocycles. The molecule has 0 heterocycles. The Morgan fingerprint density at radius 2 is 0.718 bits per heavy atom. The fourth-order valence-corrected chi connectivity index (χ4v) is 10.7. The zero-order valence-electron chi connectivity index (χ0n) is 56.0. The highest BCUT2D eigenvalue weighted by Gasteiger charge is 2.24. The molecule has 0 aliphatic carbocycles. The van der Waals surface area contributed by atoms with E-state index in [1.807, 2.05) is 21.1 Å². The summed E-state index contributed by atoms with van der Waals surface area (Å²) in [5, 5.41) is 14.1. The minimum atomic E-state index is -4.59. The number of phosphoric acid groups is 1. The summed E-state index contributed by atoms with van der Waals surface area (Å²) in [6.45, 7) is 4.62. The van der Waals surface area contributed by atoms with Gasteiger partial charge < -0.3 is 28.8 Å². The Hall–Kier alpha value is -3.10. The number of carbonyl (C=O) groups is 1. The van der Waals surface area contributed by atoms with Crippen LogP contribution < -0.4 is 10.2 Å². The monoisotopic (exact) mass is 1200 g/mol. The zero-order chi connectivity index (χ0) is 61.9. The maximum atomic E-state index is 13.1. The van der Waals surface area contributed by atoms with Crippen molar-refractivity contribution in [2.24, 2.45) is 0 Å². The number of aliphatic hydroxyl groups excluding tert-OH is 1. The third-order valence-corrected chi connectivity index (χ3v) is 16.4. The molecule has 0 spiro atoms. The van der Waals surface area contributed by atoms with Gasteiger partial charge in [0.2, 0.25) is 5.91 Å². The number of nitrogens with one attached hydrogen (secondary N) is 1. The van der Waals surface area contributed by atoms with Crippen LogP contribution >= 0.6 is 7.82 Å².